The Morgan fingerprint density at radius 3 is 2.80 bits per heavy atom. The largest absolute Gasteiger partial charge is 0.319 e. The number of fused-ring (bicyclic) bond motifs is 1. The minimum Gasteiger partial charge on any atom is -0.319 e. The summed E-state index contributed by atoms with van der Waals surface area (Å²) >= 11 is 0. The highest BCUT2D eigenvalue weighted by molar-refractivity contribution is 5.93. The molecule has 9 heteroatoms. The van der Waals surface area contributed by atoms with E-state index < -0.39 is 22.2 Å². The lowest BCUT2D eigenvalue weighted by Crippen LogP contribution is -2.28. The van der Waals surface area contributed by atoms with Gasteiger partial charge >= 0.3 is 0 Å². The summed E-state index contributed by atoms with van der Waals surface area (Å²) in [6, 6.07) is 9.20. The van der Waals surface area contributed by atoms with Crippen LogP contribution in [0.1, 0.15) is 0 Å². The topological polar surface area (TPSA) is 107 Å². The van der Waals surface area contributed by atoms with Gasteiger partial charge in [-0.05, 0) is 18.2 Å². The molecule has 1 aromatic heterocycles. The second-order valence-electron chi connectivity index (χ2n) is 5.16. The lowest BCUT2D eigenvalue weighted by Gasteiger charge is -2.08. The molecule has 0 aliphatic heterocycles. The number of carbonyl (C=O) groups is 1. The summed E-state index contributed by atoms with van der Waals surface area (Å²) in [4.78, 5) is 38.7. The fourth-order valence-electron chi connectivity index (χ4n) is 2.33. The monoisotopic (exact) mass is 342 g/mol. The average molecular weight is 342 g/mol. The molecule has 2 aromatic carbocycles. The fourth-order valence-corrected chi connectivity index (χ4v) is 2.33. The normalized spacial score (nSPS) is 10.6. The van der Waals surface area contributed by atoms with E-state index in [4.69, 9.17) is 0 Å². The highest BCUT2D eigenvalue weighted by atomic mass is 19.1. The van der Waals surface area contributed by atoms with Crippen LogP contribution in [-0.2, 0) is 11.3 Å². The SMILES string of the molecule is O=C(Cn1cnc2cc(F)ccc2c1=O)Nc1ccccc1[N+](=O)[O-]. The van der Waals surface area contributed by atoms with Gasteiger partial charge in [-0.25, -0.2) is 9.37 Å². The van der Waals surface area contributed by atoms with Crippen molar-refractivity contribution in [1.82, 2.24) is 9.55 Å². The first-order valence-electron chi connectivity index (χ1n) is 7.13. The Labute approximate surface area is 139 Å². The van der Waals surface area contributed by atoms with Crippen molar-refractivity contribution in [3.8, 4) is 0 Å². The van der Waals surface area contributed by atoms with Gasteiger partial charge in [0, 0.05) is 12.1 Å². The maximum absolute atomic E-state index is 13.2. The van der Waals surface area contributed by atoms with E-state index in [1.54, 1.807) is 6.07 Å². The molecule has 0 saturated carbocycles. The van der Waals surface area contributed by atoms with Gasteiger partial charge in [0.1, 0.15) is 18.0 Å². The van der Waals surface area contributed by atoms with Crippen molar-refractivity contribution >= 4 is 28.2 Å². The molecule has 0 fully saturated rings. The molecule has 0 spiro atoms. The van der Waals surface area contributed by atoms with Crippen LogP contribution < -0.4 is 10.9 Å². The molecule has 1 amide bonds. The number of amides is 1. The molecule has 0 radical (unpaired) electrons. The number of nitrogens with zero attached hydrogens (tertiary/aromatic N) is 3. The number of nitrogens with one attached hydrogen (secondary N) is 1. The summed E-state index contributed by atoms with van der Waals surface area (Å²) in [5.41, 5.74) is -0.556. The zero-order valence-corrected chi connectivity index (χ0v) is 12.7. The highest BCUT2D eigenvalue weighted by Crippen LogP contribution is 2.23. The molecule has 0 saturated heterocycles. The average Bonchev–Trinajstić information content (AvgIpc) is 2.57. The second-order valence-corrected chi connectivity index (χ2v) is 5.16. The first-order valence-corrected chi connectivity index (χ1v) is 7.13. The molecule has 1 N–H and O–H groups in total. The van der Waals surface area contributed by atoms with E-state index in [1.165, 1.54) is 24.3 Å². The van der Waals surface area contributed by atoms with Crippen molar-refractivity contribution in [2.75, 3.05) is 5.32 Å². The van der Waals surface area contributed by atoms with Crippen LogP contribution in [0.2, 0.25) is 0 Å². The molecule has 0 aliphatic carbocycles. The van der Waals surface area contributed by atoms with Crippen LogP contribution in [0.3, 0.4) is 0 Å². The molecule has 8 nitrogen and oxygen atoms in total. The summed E-state index contributed by atoms with van der Waals surface area (Å²) in [7, 11) is 0. The van der Waals surface area contributed by atoms with Gasteiger partial charge in [-0.3, -0.25) is 24.3 Å². The maximum atomic E-state index is 13.2. The number of para-hydroxylation sites is 2. The van der Waals surface area contributed by atoms with Gasteiger partial charge in [0.2, 0.25) is 5.91 Å². The van der Waals surface area contributed by atoms with Gasteiger partial charge in [0.05, 0.1) is 22.2 Å². The highest BCUT2D eigenvalue weighted by Gasteiger charge is 2.15. The Morgan fingerprint density at radius 2 is 2.04 bits per heavy atom. The number of hydrogen-bond donors (Lipinski definition) is 1. The lowest BCUT2D eigenvalue weighted by molar-refractivity contribution is -0.383. The quantitative estimate of drug-likeness (QED) is 0.577. The molecule has 25 heavy (non-hydrogen) atoms. The van der Waals surface area contributed by atoms with E-state index >= 15 is 0 Å². The van der Waals surface area contributed by atoms with Crippen molar-refractivity contribution < 1.29 is 14.1 Å². The van der Waals surface area contributed by atoms with Gasteiger partial charge in [0.15, 0.2) is 0 Å². The van der Waals surface area contributed by atoms with E-state index in [-0.39, 0.29) is 28.8 Å². The van der Waals surface area contributed by atoms with Gasteiger partial charge < -0.3 is 5.32 Å². The van der Waals surface area contributed by atoms with Crippen molar-refractivity contribution in [1.29, 1.82) is 0 Å². The Hall–Kier alpha value is -3.62. The molecule has 0 aliphatic rings. The molecular weight excluding hydrogens is 331 g/mol. The molecule has 1 heterocycles. The van der Waals surface area contributed by atoms with Crippen LogP contribution in [-0.4, -0.2) is 20.4 Å². The summed E-state index contributed by atoms with van der Waals surface area (Å²) in [5, 5.41) is 13.5. The van der Waals surface area contributed by atoms with Crippen molar-refractivity contribution in [2.24, 2.45) is 0 Å². The molecule has 3 rings (SSSR count). The Morgan fingerprint density at radius 1 is 1.28 bits per heavy atom. The van der Waals surface area contributed by atoms with Crippen LogP contribution in [0, 0.1) is 15.9 Å². The molecule has 0 unspecified atom stereocenters. The number of anilines is 1. The zero-order valence-electron chi connectivity index (χ0n) is 12.7. The maximum Gasteiger partial charge on any atom is 0.292 e. The van der Waals surface area contributed by atoms with Crippen LogP contribution in [0.25, 0.3) is 10.9 Å². The first-order chi connectivity index (χ1) is 12.0. The third-order valence-electron chi connectivity index (χ3n) is 3.48. The molecule has 126 valence electrons. The van der Waals surface area contributed by atoms with Crippen molar-refractivity contribution in [3.05, 3.63) is 75.1 Å². The lowest BCUT2D eigenvalue weighted by atomic mass is 10.2. The number of benzene rings is 2. The number of nitro benzene ring substituents is 1. The van der Waals surface area contributed by atoms with Crippen LogP contribution in [0.15, 0.2) is 53.6 Å². The smallest absolute Gasteiger partial charge is 0.292 e. The minimum absolute atomic E-state index is 0.0290. The van der Waals surface area contributed by atoms with Gasteiger partial charge in [-0.1, -0.05) is 12.1 Å². The Bertz CT molecular complexity index is 1050. The van der Waals surface area contributed by atoms with Gasteiger partial charge in [-0.15, -0.1) is 0 Å². The Balaban J connectivity index is 1.86. The van der Waals surface area contributed by atoms with Crippen LogP contribution in [0.5, 0.6) is 0 Å². The summed E-state index contributed by atoms with van der Waals surface area (Å²) in [6.07, 6.45) is 1.13. The number of rotatable bonds is 4. The van der Waals surface area contributed by atoms with E-state index in [0.717, 1.165) is 23.0 Å². The Kier molecular flexibility index (Phi) is 4.21. The van der Waals surface area contributed by atoms with Crippen molar-refractivity contribution in [3.63, 3.8) is 0 Å². The van der Waals surface area contributed by atoms with Crippen LogP contribution >= 0.6 is 0 Å². The predicted octanol–water partition coefficient (Wildman–Crippen LogP) is 2.08. The molecule has 3 aromatic rings. The third kappa shape index (κ3) is 3.34. The van der Waals surface area contributed by atoms with E-state index in [9.17, 15) is 24.1 Å². The second kappa shape index (κ2) is 6.48. The number of hydrogen-bond acceptors (Lipinski definition) is 5. The minimum atomic E-state index is -0.625. The predicted molar refractivity (Wildman–Crippen MR) is 87.7 cm³/mol. The van der Waals surface area contributed by atoms with Gasteiger partial charge in [-0.2, -0.15) is 0 Å². The number of nitro groups is 1. The first kappa shape index (κ1) is 16.2. The van der Waals surface area contributed by atoms with E-state index in [0.29, 0.717) is 0 Å². The van der Waals surface area contributed by atoms with Crippen molar-refractivity contribution in [2.45, 2.75) is 6.54 Å². The van der Waals surface area contributed by atoms with Gasteiger partial charge in [0.25, 0.3) is 11.2 Å². The standard InChI is InChI=1S/C16H11FN4O4/c17-10-5-6-11-13(7-10)18-9-20(16(11)23)8-15(22)19-12-3-1-2-4-14(12)21(24)25/h1-7,9H,8H2,(H,19,22). The number of halogens is 1. The third-order valence-corrected chi connectivity index (χ3v) is 3.48. The number of carbonyl (C=O) groups excluding carboxylic acids is 1. The summed E-state index contributed by atoms with van der Waals surface area (Å²) in [5.74, 6) is -1.15. The number of aromatic nitrogens is 2. The zero-order chi connectivity index (χ0) is 18.0. The van der Waals surface area contributed by atoms with E-state index in [1.807, 2.05) is 0 Å². The summed E-state index contributed by atoms with van der Waals surface area (Å²) < 4.78 is 14.2. The van der Waals surface area contributed by atoms with E-state index in [2.05, 4.69) is 10.3 Å². The molecular formula is C16H11FN4O4. The molecule has 0 atom stereocenters. The molecule has 0 bridgehead atoms. The fraction of sp³-hybridized carbons (Fsp3) is 0.0625. The summed E-state index contributed by atoms with van der Waals surface area (Å²) in [6.45, 7) is -0.384. The van der Waals surface area contributed by atoms with Crippen LogP contribution in [0.4, 0.5) is 15.8 Å².